The molecule has 5 nitrogen and oxygen atoms in total. The third kappa shape index (κ3) is 4.00. The lowest BCUT2D eigenvalue weighted by atomic mass is 10.1. The van der Waals surface area contributed by atoms with Gasteiger partial charge in [0.1, 0.15) is 5.82 Å². The second-order valence-electron chi connectivity index (χ2n) is 5.96. The van der Waals surface area contributed by atoms with Crippen LogP contribution in [0, 0.1) is 0 Å². The largest absolute Gasteiger partial charge is 0.383 e. The maximum atomic E-state index is 12.6. The molecule has 0 saturated carbocycles. The van der Waals surface area contributed by atoms with Crippen LogP contribution in [-0.4, -0.2) is 31.2 Å². The van der Waals surface area contributed by atoms with Crippen LogP contribution in [0.1, 0.15) is 22.8 Å². The van der Waals surface area contributed by atoms with Crippen LogP contribution in [0.4, 0.5) is 11.5 Å². The van der Waals surface area contributed by atoms with Gasteiger partial charge >= 0.3 is 0 Å². The molecule has 3 rings (SSSR count). The van der Waals surface area contributed by atoms with Gasteiger partial charge in [-0.2, -0.15) is 0 Å². The molecule has 0 radical (unpaired) electrons. The van der Waals surface area contributed by atoms with E-state index in [4.69, 9.17) is 4.74 Å². The number of carbonyl (C=O) groups is 1. The highest BCUT2D eigenvalue weighted by Crippen LogP contribution is 2.25. The van der Waals surface area contributed by atoms with Crippen LogP contribution in [0.3, 0.4) is 0 Å². The summed E-state index contributed by atoms with van der Waals surface area (Å²) in [5, 5.41) is 7.08. The molecule has 0 spiro atoms. The number of rotatable bonds is 7. The van der Waals surface area contributed by atoms with Gasteiger partial charge in [0, 0.05) is 24.7 Å². The number of fused-ring (bicyclic) bond motifs is 1. The SMILES string of the molecule is CCc1ccccc1Nc1cc(C(=O)NCCOC)c2ccccc2n1. The summed E-state index contributed by atoms with van der Waals surface area (Å²) in [6, 6.07) is 17.6. The van der Waals surface area contributed by atoms with Crippen molar-refractivity contribution in [1.29, 1.82) is 0 Å². The number of pyridine rings is 1. The topological polar surface area (TPSA) is 63.2 Å². The summed E-state index contributed by atoms with van der Waals surface area (Å²) in [5.41, 5.74) is 3.59. The van der Waals surface area contributed by atoms with E-state index >= 15 is 0 Å². The second kappa shape index (κ2) is 8.45. The van der Waals surface area contributed by atoms with E-state index in [1.807, 2.05) is 42.5 Å². The number of aromatic nitrogens is 1. The van der Waals surface area contributed by atoms with Gasteiger partial charge in [0.05, 0.1) is 17.7 Å². The zero-order chi connectivity index (χ0) is 18.4. The Morgan fingerprint density at radius 3 is 2.69 bits per heavy atom. The van der Waals surface area contributed by atoms with Gasteiger partial charge in [0.2, 0.25) is 0 Å². The second-order valence-corrected chi connectivity index (χ2v) is 5.96. The molecule has 134 valence electrons. The number of carbonyl (C=O) groups excluding carboxylic acids is 1. The van der Waals surface area contributed by atoms with Crippen molar-refractivity contribution in [3.05, 3.63) is 65.7 Å². The highest BCUT2D eigenvalue weighted by molar-refractivity contribution is 6.07. The van der Waals surface area contributed by atoms with Crippen molar-refractivity contribution < 1.29 is 9.53 Å². The van der Waals surface area contributed by atoms with Gasteiger partial charge in [-0.05, 0) is 30.2 Å². The average molecular weight is 349 g/mol. The van der Waals surface area contributed by atoms with E-state index in [2.05, 4.69) is 28.6 Å². The molecule has 0 bridgehead atoms. The van der Waals surface area contributed by atoms with E-state index in [9.17, 15) is 4.79 Å². The smallest absolute Gasteiger partial charge is 0.252 e. The van der Waals surface area contributed by atoms with Gasteiger partial charge in [0.25, 0.3) is 5.91 Å². The highest BCUT2D eigenvalue weighted by atomic mass is 16.5. The number of aryl methyl sites for hydroxylation is 1. The van der Waals surface area contributed by atoms with Crippen LogP contribution in [0.2, 0.25) is 0 Å². The molecular formula is C21H23N3O2. The lowest BCUT2D eigenvalue weighted by Crippen LogP contribution is -2.27. The number of anilines is 2. The maximum Gasteiger partial charge on any atom is 0.252 e. The zero-order valence-corrected chi connectivity index (χ0v) is 15.1. The van der Waals surface area contributed by atoms with Crippen LogP contribution < -0.4 is 10.6 Å². The number of nitrogens with zero attached hydrogens (tertiary/aromatic N) is 1. The number of amides is 1. The summed E-state index contributed by atoms with van der Waals surface area (Å²) in [4.78, 5) is 17.3. The molecule has 1 amide bonds. The third-order valence-electron chi connectivity index (χ3n) is 4.21. The lowest BCUT2D eigenvalue weighted by Gasteiger charge is -2.13. The van der Waals surface area contributed by atoms with Gasteiger partial charge < -0.3 is 15.4 Å². The van der Waals surface area contributed by atoms with Crippen LogP contribution in [0.25, 0.3) is 10.9 Å². The van der Waals surface area contributed by atoms with Crippen LogP contribution in [0.5, 0.6) is 0 Å². The molecule has 0 fully saturated rings. The van der Waals surface area contributed by atoms with Gasteiger partial charge in [-0.3, -0.25) is 4.79 Å². The Labute approximate surface area is 153 Å². The first-order chi connectivity index (χ1) is 12.7. The van der Waals surface area contributed by atoms with Crippen molar-refractivity contribution in [3.63, 3.8) is 0 Å². The Balaban J connectivity index is 1.97. The minimum Gasteiger partial charge on any atom is -0.383 e. The predicted molar refractivity (Wildman–Crippen MR) is 105 cm³/mol. The van der Waals surface area contributed by atoms with Crippen LogP contribution >= 0.6 is 0 Å². The van der Waals surface area contributed by atoms with Crippen molar-refractivity contribution in [2.75, 3.05) is 25.6 Å². The standard InChI is InChI=1S/C21H23N3O2/c1-3-15-8-4-6-10-18(15)23-20-14-17(21(25)22-12-13-26-2)16-9-5-7-11-19(16)24-20/h4-11,14H,3,12-13H2,1-2H3,(H,22,25)(H,23,24). The van der Waals surface area contributed by atoms with E-state index in [1.165, 1.54) is 5.56 Å². The average Bonchev–Trinajstić information content (AvgIpc) is 2.68. The van der Waals surface area contributed by atoms with Gasteiger partial charge in [-0.15, -0.1) is 0 Å². The molecule has 0 unspecified atom stereocenters. The minimum absolute atomic E-state index is 0.132. The molecular weight excluding hydrogens is 326 g/mol. The van der Waals surface area contributed by atoms with Crippen molar-refractivity contribution in [2.24, 2.45) is 0 Å². The fourth-order valence-electron chi connectivity index (χ4n) is 2.88. The Hall–Kier alpha value is -2.92. The van der Waals surface area contributed by atoms with E-state index < -0.39 is 0 Å². The van der Waals surface area contributed by atoms with Crippen molar-refractivity contribution in [3.8, 4) is 0 Å². The molecule has 2 N–H and O–H groups in total. The summed E-state index contributed by atoms with van der Waals surface area (Å²) in [6.45, 7) is 3.06. The summed E-state index contributed by atoms with van der Waals surface area (Å²) in [7, 11) is 1.61. The monoisotopic (exact) mass is 349 g/mol. The van der Waals surface area contributed by atoms with E-state index in [-0.39, 0.29) is 5.91 Å². The van der Waals surface area contributed by atoms with Crippen LogP contribution in [-0.2, 0) is 11.2 Å². The molecule has 2 aromatic carbocycles. The van der Waals surface area contributed by atoms with Gasteiger partial charge in [-0.1, -0.05) is 43.3 Å². The summed E-state index contributed by atoms with van der Waals surface area (Å²) in [6.07, 6.45) is 0.918. The summed E-state index contributed by atoms with van der Waals surface area (Å²) >= 11 is 0. The first-order valence-electron chi connectivity index (χ1n) is 8.74. The molecule has 5 heteroatoms. The number of para-hydroxylation sites is 2. The molecule has 0 aliphatic heterocycles. The summed E-state index contributed by atoms with van der Waals surface area (Å²) < 4.78 is 5.00. The van der Waals surface area contributed by atoms with E-state index in [1.54, 1.807) is 13.2 Å². The van der Waals surface area contributed by atoms with Crippen molar-refractivity contribution >= 4 is 28.3 Å². The van der Waals surface area contributed by atoms with Crippen LogP contribution in [0.15, 0.2) is 54.6 Å². The number of hydrogen-bond donors (Lipinski definition) is 2. The van der Waals surface area contributed by atoms with Gasteiger partial charge in [0.15, 0.2) is 0 Å². The lowest BCUT2D eigenvalue weighted by molar-refractivity contribution is 0.0938. The molecule has 3 aromatic rings. The van der Waals surface area contributed by atoms with E-state index in [0.717, 1.165) is 23.0 Å². The molecule has 0 atom stereocenters. The van der Waals surface area contributed by atoms with E-state index in [0.29, 0.717) is 24.5 Å². The van der Waals surface area contributed by atoms with Gasteiger partial charge in [-0.25, -0.2) is 4.98 Å². The molecule has 0 aliphatic carbocycles. The predicted octanol–water partition coefficient (Wildman–Crippen LogP) is 3.92. The third-order valence-corrected chi connectivity index (χ3v) is 4.21. The highest BCUT2D eigenvalue weighted by Gasteiger charge is 2.13. The van der Waals surface area contributed by atoms with Crippen molar-refractivity contribution in [1.82, 2.24) is 10.3 Å². The minimum atomic E-state index is -0.132. The molecule has 1 heterocycles. The normalized spacial score (nSPS) is 10.7. The zero-order valence-electron chi connectivity index (χ0n) is 15.1. The maximum absolute atomic E-state index is 12.6. The Morgan fingerprint density at radius 1 is 1.12 bits per heavy atom. The Bertz CT molecular complexity index is 909. The molecule has 26 heavy (non-hydrogen) atoms. The van der Waals surface area contributed by atoms with Crippen molar-refractivity contribution in [2.45, 2.75) is 13.3 Å². The fraction of sp³-hybridized carbons (Fsp3) is 0.238. The number of ether oxygens (including phenoxy) is 1. The first-order valence-corrected chi connectivity index (χ1v) is 8.74. The molecule has 1 aromatic heterocycles. The fourth-order valence-corrected chi connectivity index (χ4v) is 2.88. The molecule has 0 aliphatic rings. The number of hydrogen-bond acceptors (Lipinski definition) is 4. The summed E-state index contributed by atoms with van der Waals surface area (Å²) in [5.74, 6) is 0.522. The number of benzene rings is 2. The Kier molecular flexibility index (Phi) is 5.81. The number of methoxy groups -OCH3 is 1. The first kappa shape index (κ1) is 17.9. The molecule has 0 saturated heterocycles. The quantitative estimate of drug-likeness (QED) is 0.635. The Morgan fingerprint density at radius 2 is 1.88 bits per heavy atom. The number of nitrogens with one attached hydrogen (secondary N) is 2.